The Morgan fingerprint density at radius 2 is 2.13 bits per heavy atom. The molecule has 0 saturated heterocycles. The first-order valence-corrected chi connectivity index (χ1v) is 4.39. The van der Waals surface area contributed by atoms with E-state index in [1.54, 1.807) is 6.08 Å². The van der Waals surface area contributed by atoms with Crippen LogP contribution in [-0.4, -0.2) is 18.1 Å². The Kier molecular flexibility index (Phi) is 6.55. The highest BCUT2D eigenvalue weighted by Crippen LogP contribution is 1.98. The molecule has 0 unspecified atom stereocenters. The van der Waals surface area contributed by atoms with Crippen LogP contribution in [0.3, 0.4) is 0 Å². The van der Waals surface area contributed by atoms with Gasteiger partial charge in [0.2, 0.25) is 0 Å². The van der Waals surface area contributed by atoms with Crippen molar-refractivity contribution < 1.29 is 9.53 Å². The third-order valence-corrected chi connectivity index (χ3v) is 1.54. The summed E-state index contributed by atoms with van der Waals surface area (Å²) in [5.74, 6) is -0.394. The summed E-state index contributed by atoms with van der Waals surface area (Å²) >= 11 is 0. The zero-order valence-corrected chi connectivity index (χ0v) is 9.06. The fourth-order valence-corrected chi connectivity index (χ4v) is 0.683. The van der Waals surface area contributed by atoms with E-state index in [0.29, 0.717) is 0 Å². The average Bonchev–Trinajstić information content (AvgIpc) is 2.30. The molecular weight excluding hydrogens is 190 g/mol. The molecule has 0 amide bonds. The molecule has 0 radical (unpaired) electrons. The summed E-state index contributed by atoms with van der Waals surface area (Å²) in [7, 11) is 1.31. The fourth-order valence-electron chi connectivity index (χ4n) is 0.683. The molecular formula is C12H15NO2. The third-order valence-electron chi connectivity index (χ3n) is 1.54. The van der Waals surface area contributed by atoms with E-state index in [1.165, 1.54) is 7.11 Å². The molecule has 15 heavy (non-hydrogen) atoms. The first-order valence-electron chi connectivity index (χ1n) is 4.39. The van der Waals surface area contributed by atoms with E-state index in [0.717, 1.165) is 17.3 Å². The molecule has 1 rings (SSSR count). The minimum absolute atomic E-state index is 0.394. The summed E-state index contributed by atoms with van der Waals surface area (Å²) in [4.78, 5) is 13.9. The van der Waals surface area contributed by atoms with E-state index < -0.39 is 5.97 Å². The number of carbonyl (C=O) groups is 1. The van der Waals surface area contributed by atoms with Crippen molar-refractivity contribution in [3.8, 4) is 0 Å². The first-order chi connectivity index (χ1) is 7.13. The number of nitrogens with zero attached hydrogens (tertiary/aromatic N) is 1. The van der Waals surface area contributed by atoms with Gasteiger partial charge >= 0.3 is 5.97 Å². The Labute approximate surface area is 90.1 Å². The number of pyridine rings is 1. The highest BCUT2D eigenvalue weighted by Gasteiger charge is 1.83. The lowest BCUT2D eigenvalue weighted by molar-refractivity contribution is -0.134. The van der Waals surface area contributed by atoms with Crippen molar-refractivity contribution in [2.75, 3.05) is 7.11 Å². The molecule has 1 aromatic heterocycles. The summed E-state index contributed by atoms with van der Waals surface area (Å²) < 4.78 is 4.14. The van der Waals surface area contributed by atoms with E-state index in [2.05, 4.69) is 22.9 Å². The number of aryl methyl sites for hydroxylation is 1. The number of ether oxygens (including phenoxy) is 1. The van der Waals surface area contributed by atoms with Gasteiger partial charge in [0.05, 0.1) is 7.11 Å². The number of hydrogen-bond donors (Lipinski definition) is 0. The predicted molar refractivity (Wildman–Crippen MR) is 61.3 cm³/mol. The molecule has 1 heterocycles. The van der Waals surface area contributed by atoms with E-state index in [4.69, 9.17) is 0 Å². The fraction of sp³-hybridized carbons (Fsp3) is 0.167. The summed E-state index contributed by atoms with van der Waals surface area (Å²) in [6.45, 7) is 8.74. The van der Waals surface area contributed by atoms with Crippen LogP contribution in [0, 0.1) is 6.92 Å². The second kappa shape index (κ2) is 7.50. The van der Waals surface area contributed by atoms with Crippen LogP contribution in [0.15, 0.2) is 37.6 Å². The van der Waals surface area contributed by atoms with Crippen LogP contribution in [0.25, 0.3) is 6.08 Å². The van der Waals surface area contributed by atoms with Crippen LogP contribution >= 0.6 is 0 Å². The molecule has 3 nitrogen and oxygen atoms in total. The molecule has 0 aliphatic rings. The molecule has 0 aliphatic heterocycles. The number of methoxy groups -OCH3 is 1. The SMILES string of the molecule is C=CC(=O)OC.C=Cc1ccc(C)nc1. The van der Waals surface area contributed by atoms with Crippen molar-refractivity contribution in [2.45, 2.75) is 6.92 Å². The van der Waals surface area contributed by atoms with Crippen LogP contribution in [-0.2, 0) is 9.53 Å². The van der Waals surface area contributed by atoms with Gasteiger partial charge in [0.25, 0.3) is 0 Å². The Morgan fingerprint density at radius 3 is 2.40 bits per heavy atom. The molecule has 3 heteroatoms. The monoisotopic (exact) mass is 205 g/mol. The zero-order valence-electron chi connectivity index (χ0n) is 9.06. The maximum Gasteiger partial charge on any atom is 0.329 e. The van der Waals surface area contributed by atoms with Crippen molar-refractivity contribution in [2.24, 2.45) is 0 Å². The second-order valence-corrected chi connectivity index (χ2v) is 2.66. The maximum atomic E-state index is 9.84. The van der Waals surface area contributed by atoms with Gasteiger partial charge in [-0.25, -0.2) is 4.79 Å². The summed E-state index contributed by atoms with van der Waals surface area (Å²) in [5.41, 5.74) is 2.11. The second-order valence-electron chi connectivity index (χ2n) is 2.66. The van der Waals surface area contributed by atoms with Gasteiger partial charge in [-0.3, -0.25) is 4.98 Å². The van der Waals surface area contributed by atoms with Gasteiger partial charge in [0.15, 0.2) is 0 Å². The Bertz CT molecular complexity index is 328. The Hall–Kier alpha value is -1.90. The number of rotatable bonds is 2. The molecule has 0 spiro atoms. The molecule has 0 aliphatic carbocycles. The Balaban J connectivity index is 0.000000288. The number of aromatic nitrogens is 1. The van der Waals surface area contributed by atoms with E-state index in [-0.39, 0.29) is 0 Å². The molecule has 0 N–H and O–H groups in total. The van der Waals surface area contributed by atoms with Gasteiger partial charge in [-0.05, 0) is 18.6 Å². The predicted octanol–water partition coefficient (Wildman–Crippen LogP) is 2.38. The number of esters is 1. The quantitative estimate of drug-likeness (QED) is 0.549. The van der Waals surface area contributed by atoms with Crippen molar-refractivity contribution in [1.29, 1.82) is 0 Å². The normalized spacial score (nSPS) is 8.13. The molecule has 0 fully saturated rings. The largest absolute Gasteiger partial charge is 0.466 e. The van der Waals surface area contributed by atoms with E-state index in [9.17, 15) is 4.79 Å². The van der Waals surface area contributed by atoms with E-state index >= 15 is 0 Å². The summed E-state index contributed by atoms with van der Waals surface area (Å²) in [6, 6.07) is 3.96. The lowest BCUT2D eigenvalue weighted by Gasteiger charge is -1.90. The minimum atomic E-state index is -0.394. The minimum Gasteiger partial charge on any atom is -0.466 e. The smallest absolute Gasteiger partial charge is 0.329 e. The Morgan fingerprint density at radius 1 is 1.47 bits per heavy atom. The molecule has 0 atom stereocenters. The first kappa shape index (κ1) is 13.1. The summed E-state index contributed by atoms with van der Waals surface area (Å²) in [5, 5.41) is 0. The lowest BCUT2D eigenvalue weighted by atomic mass is 10.2. The van der Waals surface area contributed by atoms with Crippen LogP contribution in [0.4, 0.5) is 0 Å². The van der Waals surface area contributed by atoms with Gasteiger partial charge < -0.3 is 4.74 Å². The zero-order chi connectivity index (χ0) is 11.7. The van der Waals surface area contributed by atoms with Crippen molar-refractivity contribution in [1.82, 2.24) is 4.98 Å². The van der Waals surface area contributed by atoms with Crippen molar-refractivity contribution in [3.63, 3.8) is 0 Å². The number of carbonyl (C=O) groups excluding carboxylic acids is 1. The van der Waals surface area contributed by atoms with Gasteiger partial charge in [-0.15, -0.1) is 0 Å². The third kappa shape index (κ3) is 6.21. The van der Waals surface area contributed by atoms with Gasteiger partial charge in [0, 0.05) is 18.0 Å². The maximum absolute atomic E-state index is 9.84. The molecule has 80 valence electrons. The summed E-state index contributed by atoms with van der Waals surface area (Å²) in [6.07, 6.45) is 4.70. The van der Waals surface area contributed by atoms with Gasteiger partial charge in [0.1, 0.15) is 0 Å². The molecule has 0 bridgehead atoms. The van der Waals surface area contributed by atoms with Crippen molar-refractivity contribution >= 4 is 12.0 Å². The molecule has 0 aromatic carbocycles. The van der Waals surface area contributed by atoms with E-state index in [1.807, 2.05) is 25.3 Å². The lowest BCUT2D eigenvalue weighted by Crippen LogP contribution is -1.91. The molecule has 1 aromatic rings. The van der Waals surface area contributed by atoms with Gasteiger partial charge in [-0.2, -0.15) is 0 Å². The van der Waals surface area contributed by atoms with Crippen LogP contribution in [0.2, 0.25) is 0 Å². The van der Waals surface area contributed by atoms with Gasteiger partial charge in [-0.1, -0.05) is 25.3 Å². The highest BCUT2D eigenvalue weighted by molar-refractivity contribution is 5.80. The number of hydrogen-bond acceptors (Lipinski definition) is 3. The van der Waals surface area contributed by atoms with Crippen LogP contribution in [0.1, 0.15) is 11.3 Å². The highest BCUT2D eigenvalue weighted by atomic mass is 16.5. The standard InChI is InChI=1S/C8H9N.C4H6O2/c1-3-8-5-4-7(2)9-6-8;1-3-4(5)6-2/h3-6H,1H2,2H3;3H,1H2,2H3. The van der Waals surface area contributed by atoms with Crippen LogP contribution in [0.5, 0.6) is 0 Å². The topological polar surface area (TPSA) is 39.2 Å². The van der Waals surface area contributed by atoms with Crippen molar-refractivity contribution in [3.05, 3.63) is 48.8 Å². The average molecular weight is 205 g/mol. The molecule has 0 saturated carbocycles. The van der Waals surface area contributed by atoms with Crippen LogP contribution < -0.4 is 0 Å².